The van der Waals surface area contributed by atoms with Crippen LogP contribution in [0.4, 0.5) is 0 Å². The predicted octanol–water partition coefficient (Wildman–Crippen LogP) is 2.69. The Balaban J connectivity index is 2.58. The second-order valence-corrected chi connectivity index (χ2v) is 6.19. The van der Waals surface area contributed by atoms with Crippen LogP contribution < -0.4 is 5.73 Å². The van der Waals surface area contributed by atoms with Gasteiger partial charge in [-0.15, -0.1) is 0 Å². The minimum absolute atomic E-state index is 0.112. The van der Waals surface area contributed by atoms with E-state index in [0.29, 0.717) is 12.5 Å². The van der Waals surface area contributed by atoms with Crippen molar-refractivity contribution in [2.75, 3.05) is 6.54 Å². The largest absolute Gasteiger partial charge is 0.388 e. The Morgan fingerprint density at radius 1 is 1.13 bits per heavy atom. The summed E-state index contributed by atoms with van der Waals surface area (Å²) in [7, 11) is 0. The summed E-state index contributed by atoms with van der Waals surface area (Å²) in [5, 5.41) is 10.6. The first-order valence-corrected chi connectivity index (χ1v) is 6.31. The molecule has 0 aromatic carbocycles. The van der Waals surface area contributed by atoms with Crippen LogP contribution in [-0.2, 0) is 0 Å². The molecule has 90 valence electrons. The number of hydrogen-bond acceptors (Lipinski definition) is 2. The Hall–Kier alpha value is -0.0800. The molecule has 1 aliphatic carbocycles. The third-order valence-electron chi connectivity index (χ3n) is 4.08. The van der Waals surface area contributed by atoms with Gasteiger partial charge >= 0.3 is 0 Å². The summed E-state index contributed by atoms with van der Waals surface area (Å²) in [6.07, 6.45) is 7.46. The molecule has 1 rings (SSSR count). The van der Waals surface area contributed by atoms with Crippen molar-refractivity contribution in [2.45, 2.75) is 64.9 Å². The van der Waals surface area contributed by atoms with Gasteiger partial charge in [-0.2, -0.15) is 0 Å². The van der Waals surface area contributed by atoms with Crippen LogP contribution in [0.3, 0.4) is 0 Å². The lowest BCUT2D eigenvalue weighted by Crippen LogP contribution is -2.50. The Morgan fingerprint density at radius 3 is 2.07 bits per heavy atom. The van der Waals surface area contributed by atoms with Crippen LogP contribution in [0.1, 0.15) is 59.3 Å². The van der Waals surface area contributed by atoms with Gasteiger partial charge in [0.05, 0.1) is 5.60 Å². The van der Waals surface area contributed by atoms with Crippen LogP contribution in [0.15, 0.2) is 0 Å². The molecule has 0 bridgehead atoms. The zero-order valence-corrected chi connectivity index (χ0v) is 10.6. The molecule has 0 saturated heterocycles. The van der Waals surface area contributed by atoms with Crippen molar-refractivity contribution in [2.24, 2.45) is 17.1 Å². The first kappa shape index (κ1) is 13.0. The van der Waals surface area contributed by atoms with E-state index in [-0.39, 0.29) is 5.41 Å². The monoisotopic (exact) mass is 213 g/mol. The quantitative estimate of drug-likeness (QED) is 0.757. The maximum Gasteiger partial charge on any atom is 0.0819 e. The second-order valence-electron chi connectivity index (χ2n) is 6.19. The highest BCUT2D eigenvalue weighted by Gasteiger charge is 2.40. The average Bonchev–Trinajstić information content (AvgIpc) is 2.17. The van der Waals surface area contributed by atoms with Crippen LogP contribution >= 0.6 is 0 Å². The van der Waals surface area contributed by atoms with Crippen LogP contribution in [0.5, 0.6) is 0 Å². The van der Waals surface area contributed by atoms with Crippen molar-refractivity contribution in [3.63, 3.8) is 0 Å². The van der Waals surface area contributed by atoms with Gasteiger partial charge in [0.15, 0.2) is 0 Å². The molecule has 15 heavy (non-hydrogen) atoms. The smallest absolute Gasteiger partial charge is 0.0819 e. The summed E-state index contributed by atoms with van der Waals surface area (Å²) >= 11 is 0. The average molecular weight is 213 g/mol. The maximum absolute atomic E-state index is 10.6. The van der Waals surface area contributed by atoms with E-state index < -0.39 is 5.60 Å². The summed E-state index contributed by atoms with van der Waals surface area (Å²) < 4.78 is 0. The Morgan fingerprint density at radius 2 is 1.67 bits per heavy atom. The van der Waals surface area contributed by atoms with Gasteiger partial charge in [0.2, 0.25) is 0 Å². The third kappa shape index (κ3) is 3.18. The van der Waals surface area contributed by atoms with E-state index in [9.17, 15) is 5.11 Å². The number of hydrogen-bond donors (Lipinski definition) is 2. The summed E-state index contributed by atoms with van der Waals surface area (Å²) in [5.41, 5.74) is 4.96. The fourth-order valence-electron chi connectivity index (χ4n) is 2.56. The molecule has 1 aliphatic rings. The van der Waals surface area contributed by atoms with Crippen molar-refractivity contribution in [3.05, 3.63) is 0 Å². The standard InChI is InChI=1S/C13H27NO/c1-12(2,3)13(15,10-14)9-11-7-5-4-6-8-11/h11,15H,4-10,14H2,1-3H3. The van der Waals surface area contributed by atoms with E-state index in [2.05, 4.69) is 20.8 Å². The van der Waals surface area contributed by atoms with Gasteiger partial charge in [0.25, 0.3) is 0 Å². The molecule has 0 aliphatic heterocycles. The highest BCUT2D eigenvalue weighted by atomic mass is 16.3. The van der Waals surface area contributed by atoms with Crippen molar-refractivity contribution in [3.8, 4) is 0 Å². The van der Waals surface area contributed by atoms with Gasteiger partial charge in [0.1, 0.15) is 0 Å². The summed E-state index contributed by atoms with van der Waals surface area (Å²) in [4.78, 5) is 0. The highest BCUT2D eigenvalue weighted by molar-refractivity contribution is 4.93. The molecule has 1 saturated carbocycles. The highest BCUT2D eigenvalue weighted by Crippen LogP contribution is 2.38. The van der Waals surface area contributed by atoms with E-state index in [0.717, 1.165) is 6.42 Å². The maximum atomic E-state index is 10.6. The number of nitrogens with two attached hydrogens (primary N) is 1. The van der Waals surface area contributed by atoms with Gasteiger partial charge in [0, 0.05) is 6.54 Å². The van der Waals surface area contributed by atoms with Crippen LogP contribution in [0, 0.1) is 11.3 Å². The SMILES string of the molecule is CC(C)(C)C(O)(CN)CC1CCCCC1. The van der Waals surface area contributed by atoms with Crippen molar-refractivity contribution >= 4 is 0 Å². The lowest BCUT2D eigenvalue weighted by atomic mass is 9.69. The molecule has 1 unspecified atom stereocenters. The lowest BCUT2D eigenvalue weighted by Gasteiger charge is -2.42. The fraction of sp³-hybridized carbons (Fsp3) is 1.00. The van der Waals surface area contributed by atoms with Gasteiger partial charge < -0.3 is 10.8 Å². The molecule has 0 heterocycles. The molecule has 0 radical (unpaired) electrons. The summed E-state index contributed by atoms with van der Waals surface area (Å²) in [6, 6.07) is 0. The molecule has 3 N–H and O–H groups in total. The molecule has 1 fully saturated rings. The topological polar surface area (TPSA) is 46.2 Å². The lowest BCUT2D eigenvalue weighted by molar-refractivity contribution is -0.0706. The van der Waals surface area contributed by atoms with Crippen molar-refractivity contribution < 1.29 is 5.11 Å². The Kier molecular flexibility index (Phi) is 4.19. The van der Waals surface area contributed by atoms with Gasteiger partial charge in [-0.3, -0.25) is 0 Å². The Labute approximate surface area is 94.2 Å². The first-order valence-electron chi connectivity index (χ1n) is 6.31. The molecular weight excluding hydrogens is 186 g/mol. The summed E-state index contributed by atoms with van der Waals surface area (Å²) in [5.74, 6) is 0.687. The molecule has 0 spiro atoms. The zero-order chi connectivity index (χ0) is 11.5. The van der Waals surface area contributed by atoms with Crippen LogP contribution in [-0.4, -0.2) is 17.3 Å². The minimum Gasteiger partial charge on any atom is -0.388 e. The van der Waals surface area contributed by atoms with Crippen LogP contribution in [0.2, 0.25) is 0 Å². The third-order valence-corrected chi connectivity index (χ3v) is 4.08. The Bertz CT molecular complexity index is 191. The van der Waals surface area contributed by atoms with E-state index >= 15 is 0 Å². The normalized spacial score (nSPS) is 23.8. The number of aliphatic hydroxyl groups is 1. The van der Waals surface area contributed by atoms with Crippen molar-refractivity contribution in [1.82, 2.24) is 0 Å². The minimum atomic E-state index is -0.686. The van der Waals surface area contributed by atoms with E-state index in [1.165, 1.54) is 32.1 Å². The van der Waals surface area contributed by atoms with Gasteiger partial charge in [-0.1, -0.05) is 52.9 Å². The molecular formula is C13H27NO. The fourth-order valence-corrected chi connectivity index (χ4v) is 2.56. The van der Waals surface area contributed by atoms with Crippen molar-refractivity contribution in [1.29, 1.82) is 0 Å². The molecule has 0 aromatic rings. The van der Waals surface area contributed by atoms with E-state index in [1.54, 1.807) is 0 Å². The predicted molar refractivity (Wildman–Crippen MR) is 64.7 cm³/mol. The van der Waals surface area contributed by atoms with Gasteiger partial charge in [-0.05, 0) is 17.8 Å². The van der Waals surface area contributed by atoms with Crippen LogP contribution in [0.25, 0.3) is 0 Å². The first-order chi connectivity index (χ1) is 6.89. The van der Waals surface area contributed by atoms with E-state index in [4.69, 9.17) is 5.73 Å². The molecule has 0 amide bonds. The molecule has 2 nitrogen and oxygen atoms in total. The van der Waals surface area contributed by atoms with Gasteiger partial charge in [-0.25, -0.2) is 0 Å². The summed E-state index contributed by atoms with van der Waals surface area (Å²) in [6.45, 7) is 6.64. The molecule has 2 heteroatoms. The zero-order valence-electron chi connectivity index (χ0n) is 10.6. The molecule has 1 atom stereocenters. The molecule has 0 aromatic heterocycles. The number of rotatable bonds is 3. The van der Waals surface area contributed by atoms with E-state index in [1.807, 2.05) is 0 Å². The second kappa shape index (κ2) is 4.84.